The number of amides is 3. The van der Waals surface area contributed by atoms with Gasteiger partial charge in [-0.25, -0.2) is 0 Å². The first-order valence-electron chi connectivity index (χ1n) is 10.5. The highest BCUT2D eigenvalue weighted by Crippen LogP contribution is 2.29. The van der Waals surface area contributed by atoms with E-state index >= 15 is 0 Å². The van der Waals surface area contributed by atoms with Crippen molar-refractivity contribution in [1.82, 2.24) is 4.90 Å². The second-order valence-electron chi connectivity index (χ2n) is 7.94. The molecule has 0 saturated heterocycles. The van der Waals surface area contributed by atoms with Gasteiger partial charge < -0.3 is 10.6 Å². The van der Waals surface area contributed by atoms with Crippen molar-refractivity contribution in [3.63, 3.8) is 0 Å². The van der Waals surface area contributed by atoms with Gasteiger partial charge >= 0.3 is 0 Å². The van der Waals surface area contributed by atoms with Gasteiger partial charge in [0.2, 0.25) is 0 Å². The van der Waals surface area contributed by atoms with Crippen LogP contribution in [0.2, 0.25) is 0 Å². The number of nitrogens with zero attached hydrogens (tertiary/aromatic N) is 1. The van der Waals surface area contributed by atoms with Crippen molar-refractivity contribution in [2.75, 3.05) is 10.6 Å². The quantitative estimate of drug-likeness (QED) is 0.292. The fourth-order valence-corrected chi connectivity index (χ4v) is 4.44. The van der Waals surface area contributed by atoms with E-state index in [4.69, 9.17) is 11.6 Å². The number of hydrogen-bond donors (Lipinski definition) is 2. The lowest BCUT2D eigenvalue weighted by molar-refractivity contribution is -0.138. The number of halogens is 2. The molecule has 0 unspecified atom stereocenters. The van der Waals surface area contributed by atoms with E-state index in [-0.39, 0.29) is 23.2 Å². The third-order valence-corrected chi connectivity index (χ3v) is 6.51. The smallest absolute Gasteiger partial charge is 0.279 e. The Balaban J connectivity index is 1.54. The molecule has 0 spiro atoms. The highest BCUT2D eigenvalue weighted by Gasteiger charge is 2.38. The number of carbonyl (C=O) groups is 3. The summed E-state index contributed by atoms with van der Waals surface area (Å²) in [5.74, 6) is -1.35. The van der Waals surface area contributed by atoms with Gasteiger partial charge in [0.25, 0.3) is 17.7 Å². The summed E-state index contributed by atoms with van der Waals surface area (Å²) in [6.07, 6.45) is 0. The molecule has 0 fully saturated rings. The Morgan fingerprint density at radius 1 is 0.912 bits per heavy atom. The first kappa shape index (κ1) is 24.0. The first-order valence-corrected chi connectivity index (χ1v) is 12.0. The summed E-state index contributed by atoms with van der Waals surface area (Å²) in [4.78, 5) is 39.6. The number of carbonyl (C=O) groups excluding carboxylic acids is 3. The van der Waals surface area contributed by atoms with E-state index < -0.39 is 11.8 Å². The van der Waals surface area contributed by atoms with Gasteiger partial charge in [0.1, 0.15) is 10.7 Å². The Morgan fingerprint density at radius 2 is 1.65 bits per heavy atom. The third kappa shape index (κ3) is 5.00. The number of hydrogen-bond acceptors (Lipinski definition) is 4. The maximum Gasteiger partial charge on any atom is 0.279 e. The standard InChI is InChI=1S/C26H21ClIN3O3/c1-15-8-9-18(24(32)30-20-11-10-19(28)12-16(20)2)13-21(15)29-23-22(27)25(33)31(26(23)34)14-17-6-4-3-5-7-17/h3-13,29H,14H2,1-2H3,(H,30,32). The number of anilines is 2. The Labute approximate surface area is 216 Å². The monoisotopic (exact) mass is 585 g/mol. The molecule has 8 heteroatoms. The fourth-order valence-electron chi connectivity index (χ4n) is 3.56. The van der Waals surface area contributed by atoms with Crippen molar-refractivity contribution < 1.29 is 14.4 Å². The summed E-state index contributed by atoms with van der Waals surface area (Å²) >= 11 is 8.47. The fraction of sp³-hybridized carbons (Fsp3) is 0.115. The second-order valence-corrected chi connectivity index (χ2v) is 9.56. The predicted molar refractivity (Wildman–Crippen MR) is 142 cm³/mol. The van der Waals surface area contributed by atoms with Crippen LogP contribution >= 0.6 is 34.2 Å². The van der Waals surface area contributed by atoms with Gasteiger partial charge in [0.05, 0.1) is 6.54 Å². The Hall–Kier alpha value is -3.17. The summed E-state index contributed by atoms with van der Waals surface area (Å²) in [6.45, 7) is 3.89. The van der Waals surface area contributed by atoms with Crippen LogP contribution in [0.3, 0.4) is 0 Å². The van der Waals surface area contributed by atoms with Gasteiger partial charge in [-0.2, -0.15) is 0 Å². The average Bonchev–Trinajstić information content (AvgIpc) is 3.01. The summed E-state index contributed by atoms with van der Waals surface area (Å²) in [5.41, 5.74) is 4.20. The van der Waals surface area contributed by atoms with Crippen LogP contribution < -0.4 is 10.6 Å². The maximum absolute atomic E-state index is 13.0. The van der Waals surface area contributed by atoms with Crippen LogP contribution in [0.1, 0.15) is 27.0 Å². The van der Waals surface area contributed by atoms with Crippen LogP contribution in [-0.4, -0.2) is 22.6 Å². The van der Waals surface area contributed by atoms with Gasteiger partial charge in [-0.15, -0.1) is 0 Å². The molecule has 3 aromatic rings. The van der Waals surface area contributed by atoms with Gasteiger partial charge in [0, 0.05) is 20.5 Å². The van der Waals surface area contributed by atoms with Crippen molar-refractivity contribution in [3.8, 4) is 0 Å². The highest BCUT2D eigenvalue weighted by atomic mass is 127. The Bertz CT molecular complexity index is 1340. The maximum atomic E-state index is 13.0. The van der Waals surface area contributed by atoms with Crippen LogP contribution in [0, 0.1) is 17.4 Å². The molecule has 0 saturated carbocycles. The second kappa shape index (κ2) is 9.99. The number of aryl methyl sites for hydroxylation is 2. The normalized spacial score (nSPS) is 13.5. The molecule has 3 aromatic carbocycles. The number of imide groups is 1. The molecule has 1 aliphatic heterocycles. The molecular formula is C26H21ClIN3O3. The van der Waals surface area contributed by atoms with E-state index in [0.717, 1.165) is 30.8 Å². The van der Waals surface area contributed by atoms with Gasteiger partial charge in [-0.05, 0) is 83.5 Å². The predicted octanol–water partition coefficient (Wildman–Crippen LogP) is 5.59. The SMILES string of the molecule is Cc1cc(I)ccc1NC(=O)c1ccc(C)c(NC2=C(Cl)C(=O)N(Cc3ccccc3)C2=O)c1. The number of benzene rings is 3. The van der Waals surface area contributed by atoms with E-state index in [1.54, 1.807) is 18.2 Å². The zero-order valence-electron chi connectivity index (χ0n) is 18.5. The molecule has 34 heavy (non-hydrogen) atoms. The number of rotatable bonds is 6. The van der Waals surface area contributed by atoms with Crippen LogP contribution in [0.25, 0.3) is 0 Å². The van der Waals surface area contributed by atoms with E-state index in [1.807, 2.05) is 62.4 Å². The molecule has 0 bridgehead atoms. The van der Waals surface area contributed by atoms with Gasteiger partial charge in [0.15, 0.2) is 0 Å². The van der Waals surface area contributed by atoms with Crippen molar-refractivity contribution >= 4 is 63.3 Å². The lowest BCUT2D eigenvalue weighted by Gasteiger charge is -2.16. The number of nitrogens with one attached hydrogen (secondary N) is 2. The van der Waals surface area contributed by atoms with Gasteiger partial charge in [-0.3, -0.25) is 19.3 Å². The minimum Gasteiger partial charge on any atom is -0.349 e. The molecular weight excluding hydrogens is 565 g/mol. The summed E-state index contributed by atoms with van der Waals surface area (Å²) in [6, 6.07) is 20.1. The largest absolute Gasteiger partial charge is 0.349 e. The van der Waals surface area contributed by atoms with Crippen molar-refractivity contribution in [2.45, 2.75) is 20.4 Å². The van der Waals surface area contributed by atoms with E-state index in [0.29, 0.717) is 11.3 Å². The van der Waals surface area contributed by atoms with E-state index in [9.17, 15) is 14.4 Å². The molecule has 0 aromatic heterocycles. The lowest BCUT2D eigenvalue weighted by atomic mass is 10.1. The molecule has 6 nitrogen and oxygen atoms in total. The van der Waals surface area contributed by atoms with Crippen LogP contribution in [0.15, 0.2) is 77.5 Å². The first-order chi connectivity index (χ1) is 16.2. The summed E-state index contributed by atoms with van der Waals surface area (Å²) in [5, 5.41) is 5.73. The molecule has 1 aliphatic rings. The van der Waals surface area contributed by atoms with Crippen LogP contribution in [0.5, 0.6) is 0 Å². The summed E-state index contributed by atoms with van der Waals surface area (Å²) < 4.78 is 1.08. The van der Waals surface area contributed by atoms with E-state index in [1.165, 1.54) is 0 Å². The molecule has 3 amide bonds. The summed E-state index contributed by atoms with van der Waals surface area (Å²) in [7, 11) is 0. The third-order valence-electron chi connectivity index (χ3n) is 5.49. The Kier molecular flexibility index (Phi) is 7.04. The molecule has 4 rings (SSSR count). The zero-order chi connectivity index (χ0) is 24.4. The zero-order valence-corrected chi connectivity index (χ0v) is 21.4. The van der Waals surface area contributed by atoms with Crippen molar-refractivity contribution in [1.29, 1.82) is 0 Å². The molecule has 2 N–H and O–H groups in total. The average molecular weight is 586 g/mol. The topological polar surface area (TPSA) is 78.5 Å². The minimum atomic E-state index is -0.557. The minimum absolute atomic E-state index is 0.00302. The molecule has 0 aliphatic carbocycles. The molecule has 172 valence electrons. The molecule has 1 heterocycles. The van der Waals surface area contributed by atoms with E-state index in [2.05, 4.69) is 33.2 Å². The molecule has 0 atom stereocenters. The van der Waals surface area contributed by atoms with Crippen LogP contribution in [-0.2, 0) is 16.1 Å². The van der Waals surface area contributed by atoms with Crippen LogP contribution in [0.4, 0.5) is 11.4 Å². The lowest BCUT2D eigenvalue weighted by Crippen LogP contribution is -2.31. The Morgan fingerprint density at radius 3 is 2.35 bits per heavy atom. The molecule has 0 radical (unpaired) electrons. The van der Waals surface area contributed by atoms with Crippen molar-refractivity contribution in [3.05, 3.63) is 103 Å². The van der Waals surface area contributed by atoms with Gasteiger partial charge in [-0.1, -0.05) is 48.0 Å². The highest BCUT2D eigenvalue weighted by molar-refractivity contribution is 14.1. The van der Waals surface area contributed by atoms with Crippen molar-refractivity contribution in [2.24, 2.45) is 0 Å².